The summed E-state index contributed by atoms with van der Waals surface area (Å²) in [6, 6.07) is 7.12. The Balaban J connectivity index is 1.11. The van der Waals surface area contributed by atoms with E-state index in [1.54, 1.807) is 34.0 Å². The Labute approximate surface area is 262 Å². The number of carbonyl (C=O) groups is 1. The molecule has 2 fully saturated rings. The van der Waals surface area contributed by atoms with Crippen LogP contribution in [0.3, 0.4) is 0 Å². The summed E-state index contributed by atoms with van der Waals surface area (Å²) in [5.41, 5.74) is 2.44. The van der Waals surface area contributed by atoms with E-state index in [1.807, 2.05) is 52.0 Å². The smallest absolute Gasteiger partial charge is 0.410 e. The number of amides is 1. The van der Waals surface area contributed by atoms with E-state index in [2.05, 4.69) is 14.9 Å². The quantitative estimate of drug-likeness (QED) is 0.363. The van der Waals surface area contributed by atoms with Crippen molar-refractivity contribution in [3.8, 4) is 11.5 Å². The molecule has 240 valence electrons. The number of aromatic nitrogens is 3. The third-order valence-corrected chi connectivity index (χ3v) is 8.04. The average Bonchev–Trinajstić information content (AvgIpc) is 3.00. The molecule has 0 spiro atoms. The molecule has 3 aliphatic heterocycles. The zero-order chi connectivity index (χ0) is 31.6. The number of pyridine rings is 3. The summed E-state index contributed by atoms with van der Waals surface area (Å²) in [6.07, 6.45) is 7.79. The van der Waals surface area contributed by atoms with Gasteiger partial charge in [0.2, 0.25) is 0 Å². The fraction of sp³-hybridized carbons (Fsp3) is 0.515. The van der Waals surface area contributed by atoms with Gasteiger partial charge in [-0.25, -0.2) is 4.79 Å². The van der Waals surface area contributed by atoms with Crippen molar-refractivity contribution in [1.29, 1.82) is 0 Å². The molecule has 12 heteroatoms. The largest absolute Gasteiger partial charge is 0.486 e. The van der Waals surface area contributed by atoms with Crippen LogP contribution in [0.4, 0.5) is 4.79 Å². The van der Waals surface area contributed by atoms with Gasteiger partial charge in [0.05, 0.1) is 29.5 Å². The maximum Gasteiger partial charge on any atom is 0.410 e. The predicted molar refractivity (Wildman–Crippen MR) is 167 cm³/mol. The van der Waals surface area contributed by atoms with Crippen LogP contribution in [0.5, 0.6) is 11.5 Å². The molecule has 6 rings (SSSR count). The van der Waals surface area contributed by atoms with Gasteiger partial charge in [0.1, 0.15) is 18.8 Å². The second kappa shape index (κ2) is 13.2. The number of hydrogen-bond acceptors (Lipinski definition) is 10. The molecule has 1 amide bonds. The first kappa shape index (κ1) is 31.0. The molecule has 0 atom stereocenters. The van der Waals surface area contributed by atoms with Gasteiger partial charge < -0.3 is 33.2 Å². The zero-order valence-corrected chi connectivity index (χ0v) is 26.3. The van der Waals surface area contributed by atoms with Crippen LogP contribution in [-0.4, -0.2) is 87.5 Å². The highest BCUT2D eigenvalue weighted by Crippen LogP contribution is 2.31. The van der Waals surface area contributed by atoms with Crippen molar-refractivity contribution >= 4 is 23.2 Å². The second-order valence-electron chi connectivity index (χ2n) is 12.6. The lowest BCUT2D eigenvalue weighted by Gasteiger charge is -2.39. The number of hydrogen-bond donors (Lipinski definition) is 0. The van der Waals surface area contributed by atoms with Crippen molar-refractivity contribution in [1.82, 2.24) is 24.3 Å². The average molecular weight is 620 g/mol. The lowest BCUT2D eigenvalue weighted by Crippen LogP contribution is -2.49. The van der Waals surface area contributed by atoms with Crippen LogP contribution in [-0.2, 0) is 27.3 Å². The third-order valence-electron chi connectivity index (χ3n) is 8.04. The van der Waals surface area contributed by atoms with Crippen molar-refractivity contribution in [2.24, 2.45) is 0 Å². The monoisotopic (exact) mass is 619 g/mol. The molecule has 3 aromatic heterocycles. The number of carbonyl (C=O) groups excluding carboxylic acids is 1. The Morgan fingerprint density at radius 2 is 1.80 bits per heavy atom. The lowest BCUT2D eigenvalue weighted by atomic mass is 10.0. The maximum absolute atomic E-state index is 13.4. The Morgan fingerprint density at radius 3 is 2.53 bits per heavy atom. The highest BCUT2D eigenvalue weighted by molar-refractivity contribution is 5.77. The van der Waals surface area contributed by atoms with E-state index in [4.69, 9.17) is 23.7 Å². The molecule has 0 unspecified atom stereocenters. The minimum absolute atomic E-state index is 0.0171. The van der Waals surface area contributed by atoms with Crippen molar-refractivity contribution in [3.05, 3.63) is 64.3 Å². The molecule has 0 saturated carbocycles. The second-order valence-corrected chi connectivity index (χ2v) is 12.6. The van der Waals surface area contributed by atoms with Crippen molar-refractivity contribution < 1.29 is 28.5 Å². The minimum Gasteiger partial charge on any atom is -0.486 e. The first-order valence-corrected chi connectivity index (χ1v) is 15.6. The summed E-state index contributed by atoms with van der Waals surface area (Å²) in [5.74, 6) is 1.26. The van der Waals surface area contributed by atoms with E-state index < -0.39 is 5.60 Å². The Hall–Kier alpha value is -4.00. The minimum atomic E-state index is -0.621. The fourth-order valence-electron chi connectivity index (χ4n) is 5.78. The van der Waals surface area contributed by atoms with Crippen LogP contribution in [0.15, 0.2) is 47.5 Å². The Bertz CT molecular complexity index is 1600. The van der Waals surface area contributed by atoms with Gasteiger partial charge in [-0.05, 0) is 64.3 Å². The molecular weight excluding hydrogens is 578 g/mol. The van der Waals surface area contributed by atoms with Gasteiger partial charge in [-0.15, -0.1) is 0 Å². The zero-order valence-electron chi connectivity index (χ0n) is 26.3. The van der Waals surface area contributed by atoms with E-state index in [-0.39, 0.29) is 30.3 Å². The maximum atomic E-state index is 13.4. The van der Waals surface area contributed by atoms with E-state index in [1.165, 1.54) is 0 Å². The molecule has 0 bridgehead atoms. The van der Waals surface area contributed by atoms with Gasteiger partial charge in [0.25, 0.3) is 5.56 Å². The van der Waals surface area contributed by atoms with E-state index in [9.17, 15) is 9.59 Å². The van der Waals surface area contributed by atoms with Crippen LogP contribution >= 0.6 is 0 Å². The summed E-state index contributed by atoms with van der Waals surface area (Å²) in [4.78, 5) is 39.6. The van der Waals surface area contributed by atoms with Crippen molar-refractivity contribution in [3.63, 3.8) is 0 Å². The number of ether oxygens (including phenoxy) is 5. The molecule has 3 aliphatic rings. The highest BCUT2D eigenvalue weighted by Gasteiger charge is 2.32. The number of likely N-dealkylation sites (tertiary alicyclic amines) is 1. The lowest BCUT2D eigenvalue weighted by molar-refractivity contribution is -0.354. The van der Waals surface area contributed by atoms with Gasteiger partial charge in [0, 0.05) is 50.6 Å². The molecule has 0 aromatic carbocycles. The van der Waals surface area contributed by atoms with E-state index in [0.29, 0.717) is 50.0 Å². The normalized spacial score (nSPS) is 20.7. The summed E-state index contributed by atoms with van der Waals surface area (Å²) in [7, 11) is 0. The number of fused-ring (bicyclic) bond motifs is 2. The van der Waals surface area contributed by atoms with E-state index >= 15 is 0 Å². The predicted octanol–water partition coefficient (Wildman–Crippen LogP) is 4.20. The molecule has 3 aromatic rings. The van der Waals surface area contributed by atoms with Crippen LogP contribution < -0.4 is 15.0 Å². The molecule has 6 heterocycles. The molecule has 0 N–H and O–H groups in total. The fourth-order valence-corrected chi connectivity index (χ4v) is 5.78. The molecule has 0 aliphatic carbocycles. The molecule has 12 nitrogen and oxygen atoms in total. The van der Waals surface area contributed by atoms with Crippen LogP contribution in [0.2, 0.25) is 0 Å². The number of rotatable bonds is 8. The SMILES string of the molecule is CC1OC(/C=C/c2cnc3ccc(=O)n(CCN4CCC(N(Cc5cc6c(cn5)OCCO6)C(=O)OC(C)(C)C)CC4)c3c2)O1. The number of piperidine rings is 1. The molecule has 0 radical (unpaired) electrons. The first-order chi connectivity index (χ1) is 21.6. The molecule has 2 saturated heterocycles. The summed E-state index contributed by atoms with van der Waals surface area (Å²) in [6.45, 7) is 11.5. The Kier molecular flexibility index (Phi) is 9.06. The van der Waals surface area contributed by atoms with Gasteiger partial charge in [-0.2, -0.15) is 0 Å². The summed E-state index contributed by atoms with van der Waals surface area (Å²) < 4.78 is 29.9. The van der Waals surface area contributed by atoms with Crippen molar-refractivity contribution in [2.45, 2.75) is 77.8 Å². The standard InChI is InChI=1S/C33H41N5O7/c1-22-43-31(44-22)8-5-23-17-27-26(35-19-23)6-7-30(39)37(27)14-13-36-11-9-25(10-12-36)38(32(40)45-33(2,3)4)21-24-18-28-29(20-34-24)42-16-15-41-28/h5-8,17-20,22,25,31H,9-16,21H2,1-4H3/b8-5+. The van der Waals surface area contributed by atoms with Gasteiger partial charge >= 0.3 is 6.09 Å². The Morgan fingerprint density at radius 1 is 1.04 bits per heavy atom. The van der Waals surface area contributed by atoms with Gasteiger partial charge in [-0.1, -0.05) is 6.08 Å². The van der Waals surface area contributed by atoms with Crippen molar-refractivity contribution in [2.75, 3.05) is 32.8 Å². The molecular formula is C33H41N5O7. The number of nitrogens with zero attached hydrogens (tertiary/aromatic N) is 5. The van der Waals surface area contributed by atoms with Gasteiger partial charge in [-0.3, -0.25) is 19.7 Å². The first-order valence-electron chi connectivity index (χ1n) is 15.6. The summed E-state index contributed by atoms with van der Waals surface area (Å²) in [5, 5.41) is 0. The van der Waals surface area contributed by atoms with Crippen LogP contribution in [0.25, 0.3) is 17.1 Å². The topological polar surface area (TPSA) is 117 Å². The third kappa shape index (κ3) is 7.63. The van der Waals surface area contributed by atoms with E-state index in [0.717, 1.165) is 42.5 Å². The highest BCUT2D eigenvalue weighted by atomic mass is 16.9. The summed E-state index contributed by atoms with van der Waals surface area (Å²) >= 11 is 0. The van der Waals surface area contributed by atoms with Gasteiger partial charge in [0.15, 0.2) is 24.1 Å². The molecule has 45 heavy (non-hydrogen) atoms. The van der Waals surface area contributed by atoms with Crippen LogP contribution in [0.1, 0.15) is 51.8 Å². The van der Waals surface area contributed by atoms with Crippen LogP contribution in [0, 0.1) is 0 Å².